The lowest BCUT2D eigenvalue weighted by atomic mass is 10.4. The Morgan fingerprint density at radius 3 is 3.00 bits per heavy atom. The normalized spacial score (nSPS) is 10.8. The molecule has 0 aliphatic heterocycles. The van der Waals surface area contributed by atoms with Crippen LogP contribution in [0.5, 0.6) is 0 Å². The van der Waals surface area contributed by atoms with Gasteiger partial charge in [-0.3, -0.25) is 0 Å². The predicted molar refractivity (Wildman–Crippen MR) is 51.4 cm³/mol. The molecule has 62 valence electrons. The number of nitrogens with two attached hydrogens (primary N) is 1. The molecule has 0 aliphatic carbocycles. The summed E-state index contributed by atoms with van der Waals surface area (Å²) in [6.45, 7) is 0. The highest BCUT2D eigenvalue weighted by molar-refractivity contribution is 7.98. The zero-order valence-electron chi connectivity index (χ0n) is 6.69. The molecule has 0 unspecified atom stereocenters. The fourth-order valence-electron chi connectivity index (χ4n) is 1.15. The molecule has 2 N–H and O–H groups in total. The largest absolute Gasteiger partial charge is 0.395 e. The Morgan fingerprint density at radius 2 is 2.33 bits per heavy atom. The third-order valence-electron chi connectivity index (χ3n) is 1.74. The first-order valence-electron chi connectivity index (χ1n) is 3.60. The third-order valence-corrected chi connectivity index (χ3v) is 2.43. The minimum Gasteiger partial charge on any atom is -0.395 e. The van der Waals surface area contributed by atoms with E-state index in [1.165, 1.54) is 0 Å². The van der Waals surface area contributed by atoms with Crippen LogP contribution in [0.25, 0.3) is 5.52 Å². The van der Waals surface area contributed by atoms with Gasteiger partial charge < -0.3 is 5.73 Å². The second-order valence-corrected chi connectivity index (χ2v) is 3.25. The van der Waals surface area contributed by atoms with Gasteiger partial charge >= 0.3 is 0 Å². The van der Waals surface area contributed by atoms with Crippen molar-refractivity contribution in [1.82, 2.24) is 9.61 Å². The average molecular weight is 179 g/mol. The highest BCUT2D eigenvalue weighted by atomic mass is 32.2. The number of anilines is 1. The van der Waals surface area contributed by atoms with Crippen molar-refractivity contribution in [2.24, 2.45) is 0 Å². The van der Waals surface area contributed by atoms with Crippen LogP contribution in [-0.4, -0.2) is 15.9 Å². The molecule has 0 aromatic carbocycles. The first kappa shape index (κ1) is 7.49. The van der Waals surface area contributed by atoms with Crippen molar-refractivity contribution >= 4 is 23.0 Å². The van der Waals surface area contributed by atoms with E-state index >= 15 is 0 Å². The number of thioether (sulfide) groups is 1. The second-order valence-electron chi connectivity index (χ2n) is 2.45. The summed E-state index contributed by atoms with van der Waals surface area (Å²) in [5.74, 6) is 0. The highest BCUT2D eigenvalue weighted by Gasteiger charge is 2.06. The number of pyridine rings is 1. The zero-order valence-corrected chi connectivity index (χ0v) is 7.51. The first-order valence-corrected chi connectivity index (χ1v) is 4.82. The van der Waals surface area contributed by atoms with Crippen LogP contribution in [0.4, 0.5) is 5.69 Å². The summed E-state index contributed by atoms with van der Waals surface area (Å²) < 4.78 is 1.79. The number of fused-ring (bicyclic) bond motifs is 1. The molecule has 3 nitrogen and oxygen atoms in total. The molecule has 2 rings (SSSR count). The maximum Gasteiger partial charge on any atom is 0.142 e. The Hall–Kier alpha value is -1.16. The predicted octanol–water partition coefficient (Wildman–Crippen LogP) is 1.64. The van der Waals surface area contributed by atoms with E-state index in [0.717, 1.165) is 16.2 Å². The van der Waals surface area contributed by atoms with Gasteiger partial charge in [0.25, 0.3) is 0 Å². The SMILES string of the molecule is CSc1nn2ccccc2c1N. The molecule has 2 heterocycles. The van der Waals surface area contributed by atoms with E-state index in [4.69, 9.17) is 5.73 Å². The van der Waals surface area contributed by atoms with Crippen LogP contribution in [0.15, 0.2) is 29.4 Å². The van der Waals surface area contributed by atoms with Crippen molar-refractivity contribution in [1.29, 1.82) is 0 Å². The van der Waals surface area contributed by atoms with Crippen LogP contribution in [0, 0.1) is 0 Å². The maximum atomic E-state index is 5.85. The molecular formula is C8H9N3S. The molecule has 0 atom stereocenters. The minimum atomic E-state index is 0.767. The number of nitrogens with zero attached hydrogens (tertiary/aromatic N) is 2. The lowest BCUT2D eigenvalue weighted by Crippen LogP contribution is -1.85. The average Bonchev–Trinajstić information content (AvgIpc) is 2.44. The number of hydrogen-bond acceptors (Lipinski definition) is 3. The summed E-state index contributed by atoms with van der Waals surface area (Å²) >= 11 is 1.56. The molecule has 12 heavy (non-hydrogen) atoms. The Bertz CT molecular complexity index is 408. The van der Waals surface area contributed by atoms with Crippen molar-refractivity contribution in [3.63, 3.8) is 0 Å². The van der Waals surface area contributed by atoms with Crippen molar-refractivity contribution < 1.29 is 0 Å². The van der Waals surface area contributed by atoms with Gasteiger partial charge in [-0.15, -0.1) is 11.8 Å². The quantitative estimate of drug-likeness (QED) is 0.677. The Balaban J connectivity index is 2.78. The molecule has 0 amide bonds. The van der Waals surface area contributed by atoms with E-state index in [-0.39, 0.29) is 0 Å². The van der Waals surface area contributed by atoms with E-state index in [1.807, 2.05) is 30.7 Å². The summed E-state index contributed by atoms with van der Waals surface area (Å²) in [5.41, 5.74) is 7.59. The van der Waals surface area contributed by atoms with Gasteiger partial charge in [-0.2, -0.15) is 5.10 Å². The van der Waals surface area contributed by atoms with Gasteiger partial charge in [-0.1, -0.05) is 6.07 Å². The van der Waals surface area contributed by atoms with Crippen LogP contribution in [0.1, 0.15) is 0 Å². The fourth-order valence-corrected chi connectivity index (χ4v) is 1.64. The van der Waals surface area contributed by atoms with Crippen LogP contribution in [0.2, 0.25) is 0 Å². The Kier molecular flexibility index (Phi) is 1.69. The monoisotopic (exact) mass is 179 g/mol. The number of rotatable bonds is 1. The van der Waals surface area contributed by atoms with Crippen LogP contribution in [0.3, 0.4) is 0 Å². The van der Waals surface area contributed by atoms with E-state index in [2.05, 4.69) is 5.10 Å². The third kappa shape index (κ3) is 0.956. The summed E-state index contributed by atoms with van der Waals surface area (Å²) in [6.07, 6.45) is 3.86. The molecule has 0 bridgehead atoms. The summed E-state index contributed by atoms with van der Waals surface area (Å²) in [4.78, 5) is 0. The molecule has 0 spiro atoms. The van der Waals surface area contributed by atoms with Gasteiger partial charge in [0.2, 0.25) is 0 Å². The lowest BCUT2D eigenvalue weighted by Gasteiger charge is -1.89. The second kappa shape index (κ2) is 2.71. The van der Waals surface area contributed by atoms with Crippen LogP contribution >= 0.6 is 11.8 Å². The molecule has 0 saturated carbocycles. The van der Waals surface area contributed by atoms with E-state index in [9.17, 15) is 0 Å². The van der Waals surface area contributed by atoms with Crippen molar-refractivity contribution in [3.05, 3.63) is 24.4 Å². The smallest absolute Gasteiger partial charge is 0.142 e. The van der Waals surface area contributed by atoms with Gasteiger partial charge in [0.1, 0.15) is 5.03 Å². The molecule has 0 saturated heterocycles. The van der Waals surface area contributed by atoms with Gasteiger partial charge in [0.05, 0.1) is 11.2 Å². The van der Waals surface area contributed by atoms with E-state index in [0.29, 0.717) is 0 Å². The van der Waals surface area contributed by atoms with E-state index < -0.39 is 0 Å². The molecule has 0 aliphatic rings. The standard InChI is InChI=1S/C8H9N3S/c1-12-8-7(9)6-4-2-3-5-11(6)10-8/h2-5H,9H2,1H3. The first-order chi connectivity index (χ1) is 5.83. The summed E-state index contributed by atoms with van der Waals surface area (Å²) in [5, 5.41) is 5.18. The maximum absolute atomic E-state index is 5.85. The highest BCUT2D eigenvalue weighted by Crippen LogP contribution is 2.24. The Labute approximate surface area is 74.6 Å². The molecule has 2 aromatic heterocycles. The van der Waals surface area contributed by atoms with Gasteiger partial charge in [-0.25, -0.2) is 4.52 Å². The zero-order chi connectivity index (χ0) is 8.55. The van der Waals surface area contributed by atoms with Crippen LogP contribution in [-0.2, 0) is 0 Å². The number of hydrogen-bond donors (Lipinski definition) is 1. The van der Waals surface area contributed by atoms with Crippen molar-refractivity contribution in [2.45, 2.75) is 5.03 Å². The van der Waals surface area contributed by atoms with Gasteiger partial charge in [-0.05, 0) is 18.4 Å². The minimum absolute atomic E-state index is 0.767. The molecule has 0 fully saturated rings. The fraction of sp³-hybridized carbons (Fsp3) is 0.125. The molecule has 2 aromatic rings. The lowest BCUT2D eigenvalue weighted by molar-refractivity contribution is 0.903. The number of nitrogen functional groups attached to an aromatic ring is 1. The van der Waals surface area contributed by atoms with Crippen LogP contribution < -0.4 is 5.73 Å². The van der Waals surface area contributed by atoms with E-state index in [1.54, 1.807) is 16.3 Å². The van der Waals surface area contributed by atoms with Gasteiger partial charge in [0, 0.05) is 6.20 Å². The topological polar surface area (TPSA) is 43.3 Å². The van der Waals surface area contributed by atoms with Crippen molar-refractivity contribution in [3.8, 4) is 0 Å². The summed E-state index contributed by atoms with van der Waals surface area (Å²) in [6, 6.07) is 5.85. The van der Waals surface area contributed by atoms with Crippen molar-refractivity contribution in [2.75, 3.05) is 12.0 Å². The van der Waals surface area contributed by atoms with Gasteiger partial charge in [0.15, 0.2) is 0 Å². The molecule has 0 radical (unpaired) electrons. The Morgan fingerprint density at radius 1 is 1.50 bits per heavy atom. The number of aromatic nitrogens is 2. The molecular weight excluding hydrogens is 170 g/mol. The molecule has 4 heteroatoms. The summed E-state index contributed by atoms with van der Waals surface area (Å²) in [7, 11) is 0.